The first kappa shape index (κ1) is 17.2. The number of benzene rings is 2. The van der Waals surface area contributed by atoms with Crippen LogP contribution < -0.4 is 4.72 Å². The number of sulfonamides is 1. The van der Waals surface area contributed by atoms with E-state index in [4.69, 9.17) is 9.52 Å². The standard InChI is InChI=1S/C17H12BrNO5S/c18-11-5-7-12(8-6-11)25(22,23)19-14-4-2-1-3-13(14)15-9-10-16(24-15)17(20)21/h1-10,19H,(H,20,21). The fourth-order valence-corrected chi connectivity index (χ4v) is 3.55. The molecule has 0 unspecified atom stereocenters. The van der Waals surface area contributed by atoms with Crippen molar-refractivity contribution in [3.05, 3.63) is 70.9 Å². The van der Waals surface area contributed by atoms with Gasteiger partial charge in [0, 0.05) is 10.0 Å². The largest absolute Gasteiger partial charge is 0.475 e. The van der Waals surface area contributed by atoms with Gasteiger partial charge in [0.25, 0.3) is 10.0 Å². The molecule has 2 aromatic carbocycles. The second-order valence-corrected chi connectivity index (χ2v) is 7.67. The van der Waals surface area contributed by atoms with Gasteiger partial charge in [-0.05, 0) is 48.5 Å². The maximum Gasteiger partial charge on any atom is 0.371 e. The Hall–Kier alpha value is -2.58. The van der Waals surface area contributed by atoms with Crippen molar-refractivity contribution in [1.82, 2.24) is 0 Å². The number of hydrogen-bond acceptors (Lipinski definition) is 4. The zero-order valence-electron chi connectivity index (χ0n) is 12.6. The topological polar surface area (TPSA) is 96.6 Å². The number of rotatable bonds is 5. The fourth-order valence-electron chi connectivity index (χ4n) is 2.20. The molecule has 0 saturated carbocycles. The van der Waals surface area contributed by atoms with Gasteiger partial charge in [-0.3, -0.25) is 4.72 Å². The summed E-state index contributed by atoms with van der Waals surface area (Å²) >= 11 is 3.26. The highest BCUT2D eigenvalue weighted by atomic mass is 79.9. The Kier molecular flexibility index (Phi) is 4.65. The molecule has 0 aliphatic carbocycles. The molecule has 0 spiro atoms. The van der Waals surface area contributed by atoms with Crippen molar-refractivity contribution in [3.8, 4) is 11.3 Å². The maximum absolute atomic E-state index is 12.6. The van der Waals surface area contributed by atoms with Crippen LogP contribution in [-0.4, -0.2) is 19.5 Å². The number of carboxylic acids is 1. The average molecular weight is 422 g/mol. The van der Waals surface area contributed by atoms with E-state index in [9.17, 15) is 13.2 Å². The first-order valence-corrected chi connectivity index (χ1v) is 9.35. The lowest BCUT2D eigenvalue weighted by Crippen LogP contribution is -2.13. The van der Waals surface area contributed by atoms with E-state index < -0.39 is 16.0 Å². The van der Waals surface area contributed by atoms with Crippen molar-refractivity contribution < 1.29 is 22.7 Å². The Labute approximate surface area is 152 Å². The quantitative estimate of drug-likeness (QED) is 0.642. The minimum Gasteiger partial charge on any atom is -0.475 e. The van der Waals surface area contributed by atoms with E-state index in [2.05, 4.69) is 20.7 Å². The molecular formula is C17H12BrNO5S. The number of carboxylic acid groups (broad SMARTS) is 1. The van der Waals surface area contributed by atoms with Crippen LogP contribution >= 0.6 is 15.9 Å². The molecule has 6 nitrogen and oxygen atoms in total. The highest BCUT2D eigenvalue weighted by Crippen LogP contribution is 2.31. The van der Waals surface area contributed by atoms with Gasteiger partial charge in [-0.25, -0.2) is 13.2 Å². The third kappa shape index (κ3) is 3.75. The Balaban J connectivity index is 1.98. The first-order chi connectivity index (χ1) is 11.9. The molecule has 0 atom stereocenters. The summed E-state index contributed by atoms with van der Waals surface area (Å²) in [6.07, 6.45) is 0. The SMILES string of the molecule is O=C(O)c1ccc(-c2ccccc2NS(=O)(=O)c2ccc(Br)cc2)o1. The first-order valence-electron chi connectivity index (χ1n) is 7.08. The van der Waals surface area contributed by atoms with Crippen LogP contribution in [0, 0.1) is 0 Å². The zero-order valence-corrected chi connectivity index (χ0v) is 15.0. The molecule has 1 aromatic heterocycles. The van der Waals surface area contributed by atoms with Crippen LogP contribution in [0.2, 0.25) is 0 Å². The van der Waals surface area contributed by atoms with Crippen molar-refractivity contribution in [1.29, 1.82) is 0 Å². The molecule has 3 rings (SSSR count). The number of anilines is 1. The molecule has 128 valence electrons. The second kappa shape index (κ2) is 6.73. The van der Waals surface area contributed by atoms with Crippen LogP contribution in [0.4, 0.5) is 5.69 Å². The lowest BCUT2D eigenvalue weighted by Gasteiger charge is -2.11. The minimum atomic E-state index is -3.80. The molecule has 25 heavy (non-hydrogen) atoms. The summed E-state index contributed by atoms with van der Waals surface area (Å²) in [6, 6.07) is 15.6. The van der Waals surface area contributed by atoms with Gasteiger partial charge in [-0.15, -0.1) is 0 Å². The third-order valence-electron chi connectivity index (χ3n) is 3.38. The number of hydrogen-bond donors (Lipinski definition) is 2. The maximum atomic E-state index is 12.6. The summed E-state index contributed by atoms with van der Waals surface area (Å²) in [4.78, 5) is 11.1. The molecule has 1 heterocycles. The monoisotopic (exact) mass is 421 g/mol. The second-order valence-electron chi connectivity index (χ2n) is 5.07. The summed E-state index contributed by atoms with van der Waals surface area (Å²) < 4.78 is 33.7. The van der Waals surface area contributed by atoms with E-state index in [1.54, 1.807) is 36.4 Å². The Morgan fingerprint density at radius 3 is 2.32 bits per heavy atom. The molecule has 0 aliphatic heterocycles. The molecule has 0 amide bonds. The van der Waals surface area contributed by atoms with Gasteiger partial charge in [0.2, 0.25) is 5.76 Å². The number of para-hydroxylation sites is 1. The average Bonchev–Trinajstić information content (AvgIpc) is 3.05. The Morgan fingerprint density at radius 2 is 1.68 bits per heavy atom. The minimum absolute atomic E-state index is 0.108. The van der Waals surface area contributed by atoms with Crippen molar-refractivity contribution in [3.63, 3.8) is 0 Å². The number of aromatic carboxylic acids is 1. The molecule has 8 heteroatoms. The molecule has 0 fully saturated rings. The Morgan fingerprint density at radius 1 is 1.00 bits per heavy atom. The number of halogens is 1. The lowest BCUT2D eigenvalue weighted by atomic mass is 10.1. The zero-order chi connectivity index (χ0) is 18.0. The molecule has 0 bridgehead atoms. The van der Waals surface area contributed by atoms with Crippen LogP contribution in [0.1, 0.15) is 10.6 Å². The highest BCUT2D eigenvalue weighted by molar-refractivity contribution is 9.10. The summed E-state index contributed by atoms with van der Waals surface area (Å²) in [7, 11) is -3.80. The van der Waals surface area contributed by atoms with Gasteiger partial charge in [0.05, 0.1) is 10.6 Å². The third-order valence-corrected chi connectivity index (χ3v) is 5.29. The van der Waals surface area contributed by atoms with E-state index >= 15 is 0 Å². The van der Waals surface area contributed by atoms with Crippen LogP contribution in [0.15, 0.2) is 74.4 Å². The summed E-state index contributed by atoms with van der Waals surface area (Å²) in [5.74, 6) is -1.16. The van der Waals surface area contributed by atoms with Crippen LogP contribution in [0.3, 0.4) is 0 Å². The van der Waals surface area contributed by atoms with E-state index in [0.717, 1.165) is 4.47 Å². The van der Waals surface area contributed by atoms with Crippen molar-refractivity contribution in [2.75, 3.05) is 4.72 Å². The molecule has 0 aliphatic rings. The molecule has 0 saturated heterocycles. The van der Waals surface area contributed by atoms with E-state index in [1.165, 1.54) is 24.3 Å². The predicted octanol–water partition coefficient (Wildman–Crippen LogP) is 4.21. The molecular weight excluding hydrogens is 410 g/mol. The molecule has 0 radical (unpaired) electrons. The molecule has 2 N–H and O–H groups in total. The summed E-state index contributed by atoms with van der Waals surface area (Å²) in [6.45, 7) is 0. The van der Waals surface area contributed by atoms with Crippen LogP contribution in [-0.2, 0) is 10.0 Å². The van der Waals surface area contributed by atoms with E-state index in [0.29, 0.717) is 5.56 Å². The predicted molar refractivity (Wildman–Crippen MR) is 96.1 cm³/mol. The van der Waals surface area contributed by atoms with E-state index in [1.807, 2.05) is 0 Å². The van der Waals surface area contributed by atoms with Gasteiger partial charge in [-0.1, -0.05) is 28.1 Å². The van der Waals surface area contributed by atoms with E-state index in [-0.39, 0.29) is 22.1 Å². The van der Waals surface area contributed by atoms with Crippen molar-refractivity contribution in [2.45, 2.75) is 4.90 Å². The van der Waals surface area contributed by atoms with Crippen LogP contribution in [0.5, 0.6) is 0 Å². The van der Waals surface area contributed by atoms with Gasteiger partial charge in [0.15, 0.2) is 0 Å². The summed E-state index contributed by atoms with van der Waals surface area (Å²) in [5, 5.41) is 8.96. The van der Waals surface area contributed by atoms with Crippen molar-refractivity contribution in [2.24, 2.45) is 0 Å². The van der Waals surface area contributed by atoms with Gasteiger partial charge < -0.3 is 9.52 Å². The molecule has 3 aromatic rings. The van der Waals surface area contributed by atoms with Crippen LogP contribution in [0.25, 0.3) is 11.3 Å². The van der Waals surface area contributed by atoms with Crippen molar-refractivity contribution >= 4 is 37.6 Å². The number of nitrogens with one attached hydrogen (secondary N) is 1. The van der Waals surface area contributed by atoms with Gasteiger partial charge in [-0.2, -0.15) is 0 Å². The smallest absolute Gasteiger partial charge is 0.371 e. The highest BCUT2D eigenvalue weighted by Gasteiger charge is 2.18. The fraction of sp³-hybridized carbons (Fsp3) is 0. The number of carbonyl (C=O) groups is 1. The van der Waals surface area contributed by atoms with Gasteiger partial charge in [0.1, 0.15) is 5.76 Å². The van der Waals surface area contributed by atoms with Gasteiger partial charge >= 0.3 is 5.97 Å². The Bertz CT molecular complexity index is 1030. The lowest BCUT2D eigenvalue weighted by molar-refractivity contribution is 0.0663. The normalized spacial score (nSPS) is 11.2. The number of furan rings is 1. The summed E-state index contributed by atoms with van der Waals surface area (Å²) in [5.41, 5.74) is 0.729.